The summed E-state index contributed by atoms with van der Waals surface area (Å²) in [6.07, 6.45) is 2.40. The van der Waals surface area contributed by atoms with Crippen LogP contribution in [0.3, 0.4) is 0 Å². The number of anilines is 1. The molecule has 1 N–H and O–H groups in total. The number of fused-ring (bicyclic) bond motifs is 1. The molecule has 126 valence electrons. The molecule has 24 heavy (non-hydrogen) atoms. The first-order valence-corrected chi connectivity index (χ1v) is 9.00. The van der Waals surface area contributed by atoms with Gasteiger partial charge in [0.05, 0.1) is 6.61 Å². The molecule has 3 rings (SSSR count). The molecule has 0 spiro atoms. The predicted octanol–water partition coefficient (Wildman–Crippen LogP) is 5.08. The fraction of sp³-hybridized carbons (Fsp3) is 0.333. The molecule has 0 aliphatic carbocycles. The number of aromatic nitrogens is 1. The lowest BCUT2D eigenvalue weighted by Crippen LogP contribution is -2.10. The van der Waals surface area contributed by atoms with E-state index in [0.717, 1.165) is 29.6 Å². The van der Waals surface area contributed by atoms with Crippen molar-refractivity contribution in [2.45, 2.75) is 33.1 Å². The molecule has 1 aromatic carbocycles. The number of amides is 1. The summed E-state index contributed by atoms with van der Waals surface area (Å²) in [7, 11) is 0. The Bertz CT molecular complexity index is 838. The first kappa shape index (κ1) is 16.5. The second-order valence-electron chi connectivity index (χ2n) is 5.41. The lowest BCUT2D eigenvalue weighted by molar-refractivity contribution is -0.116. The Morgan fingerprint density at radius 1 is 1.38 bits per heavy atom. The van der Waals surface area contributed by atoms with Gasteiger partial charge in [0.1, 0.15) is 5.69 Å². The Balaban J connectivity index is 1.81. The van der Waals surface area contributed by atoms with Gasteiger partial charge in [0.25, 0.3) is 0 Å². The third kappa shape index (κ3) is 3.59. The van der Waals surface area contributed by atoms with Crippen LogP contribution in [0.5, 0.6) is 5.75 Å². The van der Waals surface area contributed by atoms with E-state index in [-0.39, 0.29) is 5.91 Å². The van der Waals surface area contributed by atoms with Crippen LogP contribution in [0.2, 0.25) is 0 Å². The maximum atomic E-state index is 11.8. The molecular weight excluding hydrogens is 324 g/mol. The van der Waals surface area contributed by atoms with Gasteiger partial charge < -0.3 is 14.5 Å². The number of benzene rings is 1. The van der Waals surface area contributed by atoms with Gasteiger partial charge in [-0.25, -0.2) is 4.98 Å². The molecule has 2 aromatic heterocycles. The summed E-state index contributed by atoms with van der Waals surface area (Å²) in [4.78, 5) is 16.2. The van der Waals surface area contributed by atoms with Gasteiger partial charge in [-0.05, 0) is 25.5 Å². The number of ether oxygens (including phenoxy) is 1. The van der Waals surface area contributed by atoms with Crippen molar-refractivity contribution in [2.24, 2.45) is 0 Å². The molecular formula is C18H20N2O3S. The van der Waals surface area contributed by atoms with E-state index in [9.17, 15) is 4.79 Å². The van der Waals surface area contributed by atoms with Crippen molar-refractivity contribution >= 4 is 33.3 Å². The van der Waals surface area contributed by atoms with Gasteiger partial charge in [-0.15, -0.1) is 11.3 Å². The first-order valence-electron chi connectivity index (χ1n) is 8.12. The number of carbonyl (C=O) groups is 1. The molecule has 0 unspecified atom stereocenters. The summed E-state index contributed by atoms with van der Waals surface area (Å²) in [6.45, 7) is 4.59. The van der Waals surface area contributed by atoms with Gasteiger partial charge >= 0.3 is 0 Å². The van der Waals surface area contributed by atoms with Crippen LogP contribution < -0.4 is 10.1 Å². The fourth-order valence-corrected chi connectivity index (χ4v) is 3.11. The van der Waals surface area contributed by atoms with Gasteiger partial charge in [-0.1, -0.05) is 25.5 Å². The number of unbranched alkanes of at least 4 members (excludes halogenated alkanes) is 1. The monoisotopic (exact) mass is 344 g/mol. The van der Waals surface area contributed by atoms with E-state index in [2.05, 4.69) is 17.2 Å². The van der Waals surface area contributed by atoms with Crippen molar-refractivity contribution < 1.29 is 13.9 Å². The van der Waals surface area contributed by atoms with Crippen molar-refractivity contribution in [3.63, 3.8) is 0 Å². The van der Waals surface area contributed by atoms with E-state index in [1.165, 1.54) is 11.3 Å². The smallest absolute Gasteiger partial charge is 0.226 e. The summed E-state index contributed by atoms with van der Waals surface area (Å²) >= 11 is 1.40. The fourth-order valence-electron chi connectivity index (χ4n) is 2.40. The minimum atomic E-state index is 0.000915. The largest absolute Gasteiger partial charge is 0.490 e. The SMILES string of the molecule is CCCCC(=O)Nc1nc(-c2cc3cccc(OCC)c3o2)cs1. The molecule has 1 amide bonds. The predicted molar refractivity (Wildman–Crippen MR) is 96.6 cm³/mol. The first-order chi connectivity index (χ1) is 11.7. The second-order valence-corrected chi connectivity index (χ2v) is 6.27. The van der Waals surface area contributed by atoms with Crippen molar-refractivity contribution in [1.29, 1.82) is 0 Å². The van der Waals surface area contributed by atoms with Gasteiger partial charge in [0.2, 0.25) is 5.91 Å². The summed E-state index contributed by atoms with van der Waals surface area (Å²) in [5, 5.41) is 6.28. The van der Waals surface area contributed by atoms with Gasteiger partial charge in [0.15, 0.2) is 22.2 Å². The molecule has 2 heterocycles. The van der Waals surface area contributed by atoms with E-state index in [4.69, 9.17) is 9.15 Å². The topological polar surface area (TPSA) is 64.4 Å². The lowest BCUT2D eigenvalue weighted by Gasteiger charge is -2.02. The van der Waals surface area contributed by atoms with Crippen molar-refractivity contribution in [1.82, 2.24) is 4.98 Å². The Labute approximate surface area is 144 Å². The average Bonchev–Trinajstić information content (AvgIpc) is 3.20. The highest BCUT2D eigenvalue weighted by molar-refractivity contribution is 7.14. The molecule has 0 fully saturated rings. The molecule has 6 heteroatoms. The van der Waals surface area contributed by atoms with E-state index in [0.29, 0.717) is 29.6 Å². The highest BCUT2D eigenvalue weighted by Gasteiger charge is 2.14. The van der Waals surface area contributed by atoms with E-state index >= 15 is 0 Å². The minimum Gasteiger partial charge on any atom is -0.490 e. The highest BCUT2D eigenvalue weighted by atomic mass is 32.1. The minimum absolute atomic E-state index is 0.000915. The second kappa shape index (κ2) is 7.49. The quantitative estimate of drug-likeness (QED) is 0.649. The van der Waals surface area contributed by atoms with Crippen molar-refractivity contribution in [2.75, 3.05) is 11.9 Å². The van der Waals surface area contributed by atoms with E-state index in [1.54, 1.807) is 0 Å². The Hall–Kier alpha value is -2.34. The highest BCUT2D eigenvalue weighted by Crippen LogP contribution is 2.34. The van der Waals surface area contributed by atoms with Gasteiger partial charge in [0, 0.05) is 17.2 Å². The summed E-state index contributed by atoms with van der Waals surface area (Å²) < 4.78 is 11.5. The normalized spacial score (nSPS) is 10.9. The summed E-state index contributed by atoms with van der Waals surface area (Å²) in [5.74, 6) is 1.40. The molecule has 0 bridgehead atoms. The third-order valence-corrected chi connectivity index (χ3v) is 4.33. The Kier molecular flexibility index (Phi) is 5.15. The van der Waals surface area contributed by atoms with Crippen LogP contribution >= 0.6 is 11.3 Å². The van der Waals surface area contributed by atoms with Crippen molar-refractivity contribution in [3.8, 4) is 17.2 Å². The molecule has 0 radical (unpaired) electrons. The molecule has 0 saturated carbocycles. The number of carbonyl (C=O) groups excluding carboxylic acids is 1. The summed E-state index contributed by atoms with van der Waals surface area (Å²) in [5.41, 5.74) is 1.43. The number of nitrogens with one attached hydrogen (secondary N) is 1. The number of nitrogens with zero attached hydrogens (tertiary/aromatic N) is 1. The van der Waals surface area contributed by atoms with Crippen LogP contribution in [0.4, 0.5) is 5.13 Å². The zero-order valence-electron chi connectivity index (χ0n) is 13.8. The molecule has 0 atom stereocenters. The maximum Gasteiger partial charge on any atom is 0.226 e. The molecule has 0 saturated heterocycles. The molecule has 0 aliphatic rings. The van der Waals surface area contributed by atoms with E-state index in [1.807, 2.05) is 36.6 Å². The van der Waals surface area contributed by atoms with Crippen LogP contribution in [0.15, 0.2) is 34.1 Å². The number of hydrogen-bond donors (Lipinski definition) is 1. The number of para-hydroxylation sites is 1. The van der Waals surface area contributed by atoms with Crippen LogP contribution in [0.1, 0.15) is 33.1 Å². The third-order valence-electron chi connectivity index (χ3n) is 3.57. The molecule has 3 aromatic rings. The van der Waals surface area contributed by atoms with Crippen LogP contribution in [0.25, 0.3) is 22.4 Å². The van der Waals surface area contributed by atoms with E-state index < -0.39 is 0 Å². The molecule has 0 aliphatic heterocycles. The van der Waals surface area contributed by atoms with Crippen LogP contribution in [-0.2, 0) is 4.79 Å². The van der Waals surface area contributed by atoms with Crippen LogP contribution in [0, 0.1) is 0 Å². The number of hydrogen-bond acceptors (Lipinski definition) is 5. The summed E-state index contributed by atoms with van der Waals surface area (Å²) in [6, 6.07) is 7.74. The number of thiazole rings is 1. The van der Waals surface area contributed by atoms with Crippen molar-refractivity contribution in [3.05, 3.63) is 29.6 Å². The number of rotatable bonds is 7. The Morgan fingerprint density at radius 2 is 2.25 bits per heavy atom. The average molecular weight is 344 g/mol. The lowest BCUT2D eigenvalue weighted by atomic mass is 10.2. The maximum absolute atomic E-state index is 11.8. The zero-order chi connectivity index (χ0) is 16.9. The standard InChI is InChI=1S/C18H20N2O3S/c1-3-5-9-16(21)20-18-19-13(11-24-18)15-10-12-7-6-8-14(22-4-2)17(12)23-15/h6-8,10-11H,3-5,9H2,1-2H3,(H,19,20,21). The zero-order valence-corrected chi connectivity index (χ0v) is 14.6. The van der Waals surface area contributed by atoms with Crippen LogP contribution in [-0.4, -0.2) is 17.5 Å². The van der Waals surface area contributed by atoms with Gasteiger partial charge in [-0.3, -0.25) is 4.79 Å². The number of furan rings is 1. The molecule has 5 nitrogen and oxygen atoms in total. The van der Waals surface area contributed by atoms with Gasteiger partial charge in [-0.2, -0.15) is 0 Å². The Morgan fingerprint density at radius 3 is 3.04 bits per heavy atom.